The summed E-state index contributed by atoms with van der Waals surface area (Å²) >= 11 is 0. The molecule has 1 atom stereocenters. The van der Waals surface area contributed by atoms with Gasteiger partial charge < -0.3 is 14.2 Å². The summed E-state index contributed by atoms with van der Waals surface area (Å²) in [5.41, 5.74) is 0. The van der Waals surface area contributed by atoms with Gasteiger partial charge in [-0.05, 0) is 12.2 Å². The topological polar surface area (TPSA) is 78.9 Å². The highest BCUT2D eigenvalue weighted by Crippen LogP contribution is 2.01. The summed E-state index contributed by atoms with van der Waals surface area (Å²) in [5, 5.41) is 0. The predicted molar refractivity (Wildman–Crippen MR) is 57.6 cm³/mol. The van der Waals surface area contributed by atoms with E-state index in [9.17, 15) is 14.4 Å². The zero-order chi connectivity index (χ0) is 13.4. The van der Waals surface area contributed by atoms with Gasteiger partial charge in [0.15, 0.2) is 0 Å². The summed E-state index contributed by atoms with van der Waals surface area (Å²) in [6.07, 6.45) is 0.913. The van der Waals surface area contributed by atoms with Crippen molar-refractivity contribution in [3.63, 3.8) is 0 Å². The first-order valence-corrected chi connectivity index (χ1v) is 4.66. The lowest BCUT2D eigenvalue weighted by Gasteiger charge is -2.11. The molecule has 0 aliphatic carbocycles. The van der Waals surface area contributed by atoms with Crippen LogP contribution in [-0.2, 0) is 28.6 Å². The first-order valence-electron chi connectivity index (χ1n) is 4.66. The second-order valence-electron chi connectivity index (χ2n) is 2.97. The van der Waals surface area contributed by atoms with Crippen LogP contribution in [0.3, 0.4) is 0 Å². The first kappa shape index (κ1) is 15.0. The van der Waals surface area contributed by atoms with Gasteiger partial charge in [-0.25, -0.2) is 0 Å². The Labute approximate surface area is 98.8 Å². The maximum Gasteiger partial charge on any atom is 0.308 e. The molecule has 0 heterocycles. The van der Waals surface area contributed by atoms with Gasteiger partial charge in [0.05, 0.1) is 0 Å². The number of rotatable bonds is 6. The molecule has 0 saturated carbocycles. The van der Waals surface area contributed by atoms with Crippen molar-refractivity contribution in [2.24, 2.45) is 0 Å². The van der Waals surface area contributed by atoms with Crippen LogP contribution in [0.1, 0.15) is 13.8 Å². The van der Waals surface area contributed by atoms with Crippen molar-refractivity contribution in [2.45, 2.75) is 20.1 Å². The molecule has 1 unspecified atom stereocenters. The lowest BCUT2D eigenvalue weighted by Crippen LogP contribution is -2.26. The average Bonchev–Trinajstić information content (AvgIpc) is 2.21. The van der Waals surface area contributed by atoms with Gasteiger partial charge in [0.2, 0.25) is 5.78 Å². The molecular formula is C11H14O6. The van der Waals surface area contributed by atoms with Gasteiger partial charge >= 0.3 is 11.9 Å². The molecule has 0 aromatic rings. The van der Waals surface area contributed by atoms with Crippen molar-refractivity contribution in [3.05, 3.63) is 24.5 Å². The van der Waals surface area contributed by atoms with Gasteiger partial charge in [-0.2, -0.15) is 0 Å². The number of hydrogen-bond acceptors (Lipinski definition) is 6. The number of carbonyl (C=O) groups is 3. The van der Waals surface area contributed by atoms with Gasteiger partial charge in [-0.3, -0.25) is 14.4 Å². The summed E-state index contributed by atoms with van der Waals surface area (Å²) in [5.74, 6) is -1.78. The molecule has 0 saturated heterocycles. The molecule has 0 amide bonds. The van der Waals surface area contributed by atoms with E-state index in [1.54, 1.807) is 0 Å². The van der Waals surface area contributed by atoms with Crippen molar-refractivity contribution >= 4 is 17.7 Å². The van der Waals surface area contributed by atoms with Gasteiger partial charge in [-0.15, -0.1) is 0 Å². The van der Waals surface area contributed by atoms with Crippen LogP contribution in [0.5, 0.6) is 0 Å². The van der Waals surface area contributed by atoms with Gasteiger partial charge in [0.25, 0.3) is 6.29 Å². The molecule has 6 heteroatoms. The third-order valence-electron chi connectivity index (χ3n) is 1.43. The molecule has 94 valence electrons. The molecule has 0 radical (unpaired) electrons. The monoisotopic (exact) mass is 242 g/mol. The van der Waals surface area contributed by atoms with Gasteiger partial charge in [0, 0.05) is 21.0 Å². The third kappa shape index (κ3) is 7.02. The van der Waals surface area contributed by atoms with Crippen molar-refractivity contribution in [1.82, 2.24) is 0 Å². The minimum absolute atomic E-state index is 0.00327. The van der Waals surface area contributed by atoms with Crippen LogP contribution in [0.2, 0.25) is 0 Å². The molecule has 0 rings (SSSR count). The average molecular weight is 242 g/mol. The summed E-state index contributed by atoms with van der Waals surface area (Å²) in [7, 11) is 1.22. The van der Waals surface area contributed by atoms with E-state index >= 15 is 0 Å². The Hall–Kier alpha value is -1.95. The minimum Gasteiger partial charge on any atom is -0.428 e. The predicted octanol–water partition coefficient (Wildman–Crippen LogP) is 0.724. The minimum atomic E-state index is -1.31. The molecule has 0 spiro atoms. The van der Waals surface area contributed by atoms with Crippen LogP contribution in [-0.4, -0.2) is 31.1 Å². The Balaban J connectivity index is 4.40. The Kier molecular flexibility index (Phi) is 6.50. The molecule has 17 heavy (non-hydrogen) atoms. The van der Waals surface area contributed by atoms with Crippen LogP contribution in [0.15, 0.2) is 24.5 Å². The molecule has 0 aromatic heterocycles. The van der Waals surface area contributed by atoms with E-state index in [0.717, 1.165) is 13.0 Å². The normalized spacial score (nSPS) is 11.9. The number of esters is 2. The molecular weight excluding hydrogens is 228 g/mol. The molecule has 0 aliphatic rings. The van der Waals surface area contributed by atoms with Crippen LogP contribution in [0, 0.1) is 0 Å². The summed E-state index contributed by atoms with van der Waals surface area (Å²) < 4.78 is 13.8. The van der Waals surface area contributed by atoms with Crippen molar-refractivity contribution < 1.29 is 28.6 Å². The lowest BCUT2D eigenvalue weighted by atomic mass is 10.3. The first-order chi connectivity index (χ1) is 7.86. The highest BCUT2D eigenvalue weighted by molar-refractivity contribution is 5.94. The number of carbonyl (C=O) groups excluding carboxylic acids is 3. The second-order valence-corrected chi connectivity index (χ2v) is 2.97. The molecule has 0 bridgehead atoms. The van der Waals surface area contributed by atoms with E-state index in [4.69, 9.17) is 0 Å². The zero-order valence-electron chi connectivity index (χ0n) is 9.89. The van der Waals surface area contributed by atoms with E-state index in [2.05, 4.69) is 20.8 Å². The maximum atomic E-state index is 11.4. The van der Waals surface area contributed by atoms with E-state index in [0.29, 0.717) is 0 Å². The third-order valence-corrected chi connectivity index (χ3v) is 1.43. The summed E-state index contributed by atoms with van der Waals surface area (Å²) in [6, 6.07) is 0. The van der Waals surface area contributed by atoms with Gasteiger partial charge in [-0.1, -0.05) is 6.58 Å². The molecule has 0 aliphatic heterocycles. The van der Waals surface area contributed by atoms with Crippen molar-refractivity contribution in [1.29, 1.82) is 0 Å². The zero-order valence-corrected chi connectivity index (χ0v) is 9.89. The number of hydrogen-bond donors (Lipinski definition) is 0. The fraction of sp³-hybridized carbons (Fsp3) is 0.364. The largest absolute Gasteiger partial charge is 0.428 e. The smallest absolute Gasteiger partial charge is 0.308 e. The van der Waals surface area contributed by atoms with Crippen LogP contribution < -0.4 is 0 Å². The van der Waals surface area contributed by atoms with Crippen molar-refractivity contribution in [3.8, 4) is 0 Å². The Morgan fingerprint density at radius 2 is 1.71 bits per heavy atom. The highest BCUT2D eigenvalue weighted by Gasteiger charge is 2.17. The number of allylic oxidation sites excluding steroid dienone is 1. The highest BCUT2D eigenvalue weighted by atomic mass is 16.7. The Morgan fingerprint density at radius 1 is 1.12 bits per heavy atom. The summed E-state index contributed by atoms with van der Waals surface area (Å²) in [6.45, 7) is 5.74. The molecule has 6 nitrogen and oxygen atoms in total. The van der Waals surface area contributed by atoms with E-state index in [1.165, 1.54) is 20.1 Å². The fourth-order valence-electron chi connectivity index (χ4n) is 0.845. The molecule has 0 aromatic carbocycles. The van der Waals surface area contributed by atoms with E-state index < -0.39 is 24.0 Å². The van der Waals surface area contributed by atoms with Crippen LogP contribution in [0.4, 0.5) is 0 Å². The SMILES string of the molecule is C=C(/C=C/C(=O)C(OC)OC(C)=O)OC(C)=O. The van der Waals surface area contributed by atoms with Crippen LogP contribution >= 0.6 is 0 Å². The number of ether oxygens (including phenoxy) is 3. The van der Waals surface area contributed by atoms with Crippen LogP contribution in [0.25, 0.3) is 0 Å². The Morgan fingerprint density at radius 3 is 2.12 bits per heavy atom. The van der Waals surface area contributed by atoms with E-state index in [-0.39, 0.29) is 5.76 Å². The molecule has 0 N–H and O–H groups in total. The second kappa shape index (κ2) is 7.34. The van der Waals surface area contributed by atoms with Crippen molar-refractivity contribution in [2.75, 3.05) is 7.11 Å². The maximum absolute atomic E-state index is 11.4. The number of ketones is 1. The summed E-state index contributed by atoms with van der Waals surface area (Å²) in [4.78, 5) is 32.6. The Bertz CT molecular complexity index is 355. The van der Waals surface area contributed by atoms with E-state index in [1.807, 2.05) is 0 Å². The lowest BCUT2D eigenvalue weighted by molar-refractivity contribution is -0.176. The molecule has 0 fully saturated rings. The number of methoxy groups -OCH3 is 1. The standard InChI is InChI=1S/C11H14O6/c1-7(16-8(2)12)5-6-10(14)11(15-4)17-9(3)13/h5-6,11H,1H2,2-4H3/b6-5+. The fourth-order valence-corrected chi connectivity index (χ4v) is 0.845. The quantitative estimate of drug-likeness (QED) is 0.224. The van der Waals surface area contributed by atoms with Gasteiger partial charge in [0.1, 0.15) is 5.76 Å².